The number of ether oxygens (including phenoxy) is 1. The summed E-state index contributed by atoms with van der Waals surface area (Å²) in [6.45, 7) is 6.60. The molecule has 0 radical (unpaired) electrons. The summed E-state index contributed by atoms with van der Waals surface area (Å²) in [5.41, 5.74) is 2.84. The van der Waals surface area contributed by atoms with Crippen LogP contribution in [0.4, 0.5) is 5.13 Å². The number of benzene rings is 2. The van der Waals surface area contributed by atoms with E-state index in [0.717, 1.165) is 22.6 Å². The van der Waals surface area contributed by atoms with Crippen molar-refractivity contribution in [2.24, 2.45) is 0 Å². The number of aromatic nitrogens is 4. The highest BCUT2D eigenvalue weighted by Gasteiger charge is 2.15. The highest BCUT2D eigenvalue weighted by Crippen LogP contribution is 2.26. The van der Waals surface area contributed by atoms with Crippen LogP contribution in [-0.2, 0) is 17.9 Å². The summed E-state index contributed by atoms with van der Waals surface area (Å²) in [6, 6.07) is 15.2. The first-order chi connectivity index (χ1) is 16.5. The van der Waals surface area contributed by atoms with Gasteiger partial charge in [0.25, 0.3) is 0 Å². The Morgan fingerprint density at radius 3 is 2.85 bits per heavy atom. The van der Waals surface area contributed by atoms with E-state index in [1.165, 1.54) is 23.1 Å². The fourth-order valence-corrected chi connectivity index (χ4v) is 4.70. The van der Waals surface area contributed by atoms with E-state index in [-0.39, 0.29) is 18.3 Å². The van der Waals surface area contributed by atoms with Crippen molar-refractivity contribution >= 4 is 45.7 Å². The van der Waals surface area contributed by atoms with Crippen molar-refractivity contribution < 1.29 is 9.53 Å². The number of hydrogen-bond acceptors (Lipinski definition) is 7. The lowest BCUT2D eigenvalue weighted by Crippen LogP contribution is -2.15. The Labute approximate surface area is 210 Å². The number of nitrogens with zero attached hydrogens (tertiary/aromatic N) is 4. The SMILES string of the molecule is C=CCn1c(COc2cccc(C)c2)nnc1SCC(=O)Nc1nc(-c2ccc(Cl)cc2)cs1. The molecule has 0 aliphatic carbocycles. The van der Waals surface area contributed by atoms with Crippen LogP contribution in [0.3, 0.4) is 0 Å². The molecular weight excluding hydrogens is 490 g/mol. The molecule has 0 spiro atoms. The molecule has 4 rings (SSSR count). The van der Waals surface area contributed by atoms with Crippen LogP contribution in [0.2, 0.25) is 5.02 Å². The molecule has 0 aliphatic heterocycles. The fourth-order valence-electron chi connectivity index (χ4n) is 3.07. The quantitative estimate of drug-likeness (QED) is 0.212. The smallest absolute Gasteiger partial charge is 0.236 e. The first-order valence-corrected chi connectivity index (χ1v) is 12.6. The van der Waals surface area contributed by atoms with Crippen LogP contribution < -0.4 is 10.1 Å². The van der Waals surface area contributed by atoms with E-state index in [2.05, 4.69) is 27.1 Å². The largest absolute Gasteiger partial charge is 0.486 e. The monoisotopic (exact) mass is 511 g/mol. The summed E-state index contributed by atoms with van der Waals surface area (Å²) in [4.78, 5) is 17.0. The molecule has 0 saturated carbocycles. The number of carbonyl (C=O) groups is 1. The van der Waals surface area contributed by atoms with Crippen LogP contribution >= 0.6 is 34.7 Å². The number of allylic oxidation sites excluding steroid dienone is 1. The van der Waals surface area contributed by atoms with Gasteiger partial charge in [0.1, 0.15) is 12.4 Å². The Kier molecular flexibility index (Phi) is 7.99. The molecule has 4 aromatic rings. The molecule has 0 atom stereocenters. The molecule has 0 unspecified atom stereocenters. The lowest BCUT2D eigenvalue weighted by Gasteiger charge is -2.09. The Bertz CT molecular complexity index is 1290. The molecule has 0 aliphatic rings. The van der Waals surface area contributed by atoms with E-state index in [0.29, 0.717) is 27.7 Å². The molecule has 0 fully saturated rings. The number of anilines is 1. The molecule has 2 aromatic carbocycles. The third-order valence-electron chi connectivity index (χ3n) is 4.69. The van der Waals surface area contributed by atoms with Gasteiger partial charge in [-0.15, -0.1) is 28.1 Å². The number of thioether (sulfide) groups is 1. The fraction of sp³-hybridized carbons (Fsp3) is 0.167. The van der Waals surface area contributed by atoms with Gasteiger partial charge in [-0.2, -0.15) is 0 Å². The number of nitrogens with one attached hydrogen (secondary N) is 1. The number of thiazole rings is 1. The van der Waals surface area contributed by atoms with Crippen LogP contribution in [0.1, 0.15) is 11.4 Å². The molecule has 174 valence electrons. The van der Waals surface area contributed by atoms with Gasteiger partial charge in [-0.3, -0.25) is 9.36 Å². The third kappa shape index (κ3) is 6.25. The number of rotatable bonds is 10. The average molecular weight is 512 g/mol. The molecule has 2 heterocycles. The van der Waals surface area contributed by atoms with Gasteiger partial charge in [0.2, 0.25) is 5.91 Å². The molecular formula is C24H22ClN5O2S2. The van der Waals surface area contributed by atoms with Crippen LogP contribution in [0.5, 0.6) is 5.75 Å². The van der Waals surface area contributed by atoms with Gasteiger partial charge in [0, 0.05) is 22.5 Å². The Morgan fingerprint density at radius 1 is 1.26 bits per heavy atom. The minimum absolute atomic E-state index is 0.171. The first-order valence-electron chi connectivity index (χ1n) is 10.4. The van der Waals surface area contributed by atoms with Crippen molar-refractivity contribution in [2.45, 2.75) is 25.2 Å². The highest BCUT2D eigenvalue weighted by molar-refractivity contribution is 7.99. The van der Waals surface area contributed by atoms with Crippen LogP contribution in [0, 0.1) is 6.92 Å². The summed E-state index contributed by atoms with van der Waals surface area (Å²) in [6.07, 6.45) is 1.76. The van der Waals surface area contributed by atoms with Crippen molar-refractivity contribution in [1.82, 2.24) is 19.7 Å². The second-order valence-corrected chi connectivity index (χ2v) is 9.52. The van der Waals surface area contributed by atoms with Gasteiger partial charge in [-0.05, 0) is 36.8 Å². The predicted octanol–water partition coefficient (Wildman–Crippen LogP) is 5.86. The standard InChI is InChI=1S/C24H22ClN5O2S2/c1-3-11-30-21(13-32-19-6-4-5-16(2)12-19)28-29-24(30)34-15-22(31)27-23-26-20(14-33-23)17-7-9-18(25)10-8-17/h3-10,12,14H,1,11,13,15H2,2H3,(H,26,27,31). The lowest BCUT2D eigenvalue weighted by molar-refractivity contribution is -0.113. The molecule has 1 N–H and O–H groups in total. The van der Waals surface area contributed by atoms with E-state index < -0.39 is 0 Å². The van der Waals surface area contributed by atoms with Crippen molar-refractivity contribution in [2.75, 3.05) is 11.1 Å². The minimum atomic E-state index is -0.173. The number of halogens is 1. The van der Waals surface area contributed by atoms with Crippen molar-refractivity contribution in [1.29, 1.82) is 0 Å². The maximum atomic E-state index is 12.5. The normalized spacial score (nSPS) is 10.8. The second kappa shape index (κ2) is 11.3. The summed E-state index contributed by atoms with van der Waals surface area (Å²) in [7, 11) is 0. The van der Waals surface area contributed by atoms with E-state index >= 15 is 0 Å². The van der Waals surface area contributed by atoms with E-state index in [4.69, 9.17) is 16.3 Å². The van der Waals surface area contributed by atoms with Gasteiger partial charge < -0.3 is 10.1 Å². The topological polar surface area (TPSA) is 81.9 Å². The van der Waals surface area contributed by atoms with Gasteiger partial charge in [0.15, 0.2) is 16.1 Å². The Morgan fingerprint density at radius 2 is 2.09 bits per heavy atom. The molecule has 2 aromatic heterocycles. The van der Waals surface area contributed by atoms with Crippen LogP contribution in [0.25, 0.3) is 11.3 Å². The van der Waals surface area contributed by atoms with Crippen molar-refractivity contribution in [3.8, 4) is 17.0 Å². The summed E-state index contributed by atoms with van der Waals surface area (Å²) < 4.78 is 7.75. The number of hydrogen-bond donors (Lipinski definition) is 1. The molecule has 34 heavy (non-hydrogen) atoms. The number of amides is 1. The maximum Gasteiger partial charge on any atom is 0.236 e. The van der Waals surface area contributed by atoms with Gasteiger partial charge in [-0.25, -0.2) is 4.98 Å². The maximum absolute atomic E-state index is 12.5. The Balaban J connectivity index is 1.35. The van der Waals surface area contributed by atoms with E-state index in [1.807, 2.05) is 65.4 Å². The van der Waals surface area contributed by atoms with Gasteiger partial charge in [-0.1, -0.05) is 53.7 Å². The summed E-state index contributed by atoms with van der Waals surface area (Å²) in [5, 5.41) is 15.1. The van der Waals surface area contributed by atoms with E-state index in [9.17, 15) is 4.79 Å². The molecule has 0 bridgehead atoms. The molecule has 0 saturated heterocycles. The summed E-state index contributed by atoms with van der Waals surface area (Å²) in [5.74, 6) is 1.43. The number of carbonyl (C=O) groups excluding carboxylic acids is 1. The van der Waals surface area contributed by atoms with Crippen LogP contribution in [0.15, 0.2) is 71.7 Å². The lowest BCUT2D eigenvalue weighted by atomic mass is 10.2. The predicted molar refractivity (Wildman–Crippen MR) is 138 cm³/mol. The zero-order valence-corrected chi connectivity index (χ0v) is 20.8. The second-order valence-electron chi connectivity index (χ2n) is 7.28. The van der Waals surface area contributed by atoms with Crippen molar-refractivity contribution in [3.63, 3.8) is 0 Å². The van der Waals surface area contributed by atoms with Gasteiger partial charge >= 0.3 is 0 Å². The first kappa shape index (κ1) is 24.0. The molecule has 7 nitrogen and oxygen atoms in total. The van der Waals surface area contributed by atoms with Crippen LogP contribution in [-0.4, -0.2) is 31.4 Å². The highest BCUT2D eigenvalue weighted by atomic mass is 35.5. The molecule has 1 amide bonds. The summed E-state index contributed by atoms with van der Waals surface area (Å²) >= 11 is 8.61. The zero-order valence-electron chi connectivity index (χ0n) is 18.4. The third-order valence-corrected chi connectivity index (χ3v) is 6.66. The zero-order chi connectivity index (χ0) is 23.9. The van der Waals surface area contributed by atoms with E-state index in [1.54, 1.807) is 6.08 Å². The van der Waals surface area contributed by atoms with Crippen molar-refractivity contribution in [3.05, 3.63) is 83.0 Å². The number of aryl methyl sites for hydroxylation is 1. The van der Waals surface area contributed by atoms with Gasteiger partial charge in [0.05, 0.1) is 11.4 Å². The molecule has 10 heteroatoms. The minimum Gasteiger partial charge on any atom is -0.486 e. The average Bonchev–Trinajstić information content (AvgIpc) is 3.44. The Hall–Kier alpha value is -3.14.